The minimum Gasteiger partial charge on any atom is -0.487 e. The second-order valence-corrected chi connectivity index (χ2v) is 19.4. The van der Waals surface area contributed by atoms with E-state index >= 15 is 0 Å². The summed E-state index contributed by atoms with van der Waals surface area (Å²) in [6.07, 6.45) is 5.59. The van der Waals surface area contributed by atoms with Gasteiger partial charge in [0.05, 0.1) is 41.5 Å². The van der Waals surface area contributed by atoms with Crippen LogP contribution >= 0.6 is 0 Å². The molecular weight excluding hydrogens is 747 g/mol. The maximum atomic E-state index is 13.8. The predicted octanol–water partition coefficient (Wildman–Crippen LogP) is 5.94. The Hall–Kier alpha value is -4.18. The largest absolute Gasteiger partial charge is 0.487 e. The van der Waals surface area contributed by atoms with Gasteiger partial charge in [0.1, 0.15) is 23.0 Å². The molecule has 1 amide bonds. The Morgan fingerprint density at radius 1 is 0.909 bits per heavy atom. The number of ether oxygens (including phenoxy) is 4. The van der Waals surface area contributed by atoms with E-state index in [1.807, 2.05) is 27.7 Å². The molecule has 1 aliphatic heterocycles. The minimum absolute atomic E-state index is 0.0126. The monoisotopic (exact) mass is 797 g/mol. The van der Waals surface area contributed by atoms with Gasteiger partial charge in [-0.05, 0) is 95.7 Å². The van der Waals surface area contributed by atoms with Crippen LogP contribution < -0.4 is 10.3 Å². The fraction of sp³-hybridized carbons (Fsp3) is 0.500. The summed E-state index contributed by atoms with van der Waals surface area (Å²) in [5, 5.41) is 0.336. The van der Waals surface area contributed by atoms with E-state index in [9.17, 15) is 26.4 Å². The average molecular weight is 798 g/mol. The molecule has 1 saturated carbocycles. The van der Waals surface area contributed by atoms with Crippen molar-refractivity contribution in [3.05, 3.63) is 76.8 Å². The van der Waals surface area contributed by atoms with Crippen molar-refractivity contribution >= 4 is 36.9 Å². The van der Waals surface area contributed by atoms with Crippen LogP contribution in [0.3, 0.4) is 0 Å². The Kier molecular flexibility index (Phi) is 11.9. The third kappa shape index (κ3) is 9.28. The number of piperidine rings is 1. The molecule has 1 atom stereocenters. The molecule has 0 radical (unpaired) electrons. The lowest BCUT2D eigenvalue weighted by atomic mass is 10.0. The van der Waals surface area contributed by atoms with Crippen molar-refractivity contribution in [3.63, 3.8) is 0 Å². The van der Waals surface area contributed by atoms with Gasteiger partial charge in [-0.25, -0.2) is 25.6 Å². The Morgan fingerprint density at radius 3 is 2.22 bits per heavy atom. The molecule has 1 saturated heterocycles. The van der Waals surface area contributed by atoms with E-state index in [0.29, 0.717) is 61.4 Å². The summed E-state index contributed by atoms with van der Waals surface area (Å²) in [6.45, 7) is 11.1. The molecule has 13 nitrogen and oxygen atoms in total. The molecule has 4 aromatic rings. The smallest absolute Gasteiger partial charge is 0.410 e. The normalized spacial score (nSPS) is 16.4. The molecule has 298 valence electrons. The Labute approximate surface area is 323 Å². The zero-order valence-electron chi connectivity index (χ0n) is 32.3. The molecule has 0 spiro atoms. The molecule has 2 aromatic carbocycles. The fourth-order valence-corrected chi connectivity index (χ4v) is 8.90. The topological polar surface area (TPSA) is 152 Å². The van der Waals surface area contributed by atoms with Crippen LogP contribution in [-0.2, 0) is 41.1 Å². The zero-order valence-corrected chi connectivity index (χ0v) is 34.0. The molecule has 3 heterocycles. The number of pyridine rings is 1. The first-order chi connectivity index (χ1) is 26.0. The summed E-state index contributed by atoms with van der Waals surface area (Å²) in [6, 6.07) is 12.6. The number of rotatable bonds is 14. The van der Waals surface area contributed by atoms with Crippen LogP contribution in [0.2, 0.25) is 0 Å². The van der Waals surface area contributed by atoms with Gasteiger partial charge in [0.15, 0.2) is 9.84 Å². The number of aromatic nitrogens is 2. The molecule has 1 aliphatic carbocycles. The lowest BCUT2D eigenvalue weighted by Gasteiger charge is -2.33. The van der Waals surface area contributed by atoms with Crippen LogP contribution in [0, 0.1) is 12.8 Å². The van der Waals surface area contributed by atoms with Gasteiger partial charge in [0, 0.05) is 49.0 Å². The Bertz CT molecular complexity index is 2300. The molecule has 2 fully saturated rings. The summed E-state index contributed by atoms with van der Waals surface area (Å²) in [7, 11) is -6.26. The maximum Gasteiger partial charge on any atom is 0.410 e. The molecule has 0 bridgehead atoms. The number of amides is 1. The second kappa shape index (κ2) is 16.1. The van der Waals surface area contributed by atoms with Gasteiger partial charge in [-0.15, -0.1) is 0 Å². The van der Waals surface area contributed by atoms with Crippen molar-refractivity contribution in [1.82, 2.24) is 13.4 Å². The van der Waals surface area contributed by atoms with Crippen molar-refractivity contribution in [2.45, 2.75) is 87.9 Å². The van der Waals surface area contributed by atoms with Crippen LogP contribution in [0.5, 0.6) is 5.75 Å². The van der Waals surface area contributed by atoms with E-state index in [0.717, 1.165) is 22.4 Å². The molecule has 15 heteroatoms. The van der Waals surface area contributed by atoms with Gasteiger partial charge in [0.25, 0.3) is 15.6 Å². The van der Waals surface area contributed by atoms with Gasteiger partial charge >= 0.3 is 6.09 Å². The van der Waals surface area contributed by atoms with Gasteiger partial charge in [0.2, 0.25) is 0 Å². The number of carbonyl (C=O) groups is 1. The van der Waals surface area contributed by atoms with E-state index < -0.39 is 31.0 Å². The van der Waals surface area contributed by atoms with Crippen LogP contribution in [0.1, 0.15) is 58.9 Å². The number of nitrogens with zero attached hydrogens (tertiary/aromatic N) is 3. The van der Waals surface area contributed by atoms with E-state index in [2.05, 4.69) is 0 Å². The summed E-state index contributed by atoms with van der Waals surface area (Å²) in [4.78, 5) is 27.8. The number of hydrogen-bond donors (Lipinski definition) is 0. The molecule has 6 rings (SSSR count). The number of likely N-dealkylation sites (tertiary alicyclic amines) is 1. The third-order valence-corrected chi connectivity index (χ3v) is 13.4. The Balaban J connectivity index is 1.21. The highest BCUT2D eigenvalue weighted by atomic mass is 32.2. The lowest BCUT2D eigenvalue weighted by molar-refractivity contribution is -0.0392. The molecule has 2 aliphatic rings. The highest BCUT2D eigenvalue weighted by molar-refractivity contribution is 7.91. The first kappa shape index (κ1) is 40.5. The second-order valence-electron chi connectivity index (χ2n) is 15.3. The molecule has 2 aromatic heterocycles. The quantitative estimate of drug-likeness (QED) is 0.140. The summed E-state index contributed by atoms with van der Waals surface area (Å²) >= 11 is 0. The molecule has 55 heavy (non-hydrogen) atoms. The van der Waals surface area contributed by atoms with Crippen LogP contribution in [0.4, 0.5) is 4.79 Å². The van der Waals surface area contributed by atoms with Crippen molar-refractivity contribution in [2.24, 2.45) is 13.0 Å². The van der Waals surface area contributed by atoms with Gasteiger partial charge in [-0.3, -0.25) is 4.79 Å². The predicted molar refractivity (Wildman–Crippen MR) is 209 cm³/mol. The first-order valence-electron chi connectivity index (χ1n) is 18.7. The summed E-state index contributed by atoms with van der Waals surface area (Å²) in [5.74, 6) is 0.493. The van der Waals surface area contributed by atoms with Crippen molar-refractivity contribution < 1.29 is 40.6 Å². The van der Waals surface area contributed by atoms with Crippen LogP contribution in [0.15, 0.2) is 75.5 Å². The summed E-state index contributed by atoms with van der Waals surface area (Å²) in [5.41, 5.74) is 0.610. The molecule has 0 N–H and O–H groups in total. The highest BCUT2D eigenvalue weighted by Crippen LogP contribution is 2.41. The number of hydrogen-bond acceptors (Lipinski definition) is 10. The number of carbonyl (C=O) groups excluding carboxylic acids is 1. The fourth-order valence-electron chi connectivity index (χ4n) is 6.65. The zero-order chi connectivity index (χ0) is 39.7. The van der Waals surface area contributed by atoms with Crippen molar-refractivity contribution in [1.29, 1.82) is 0 Å². The molecular formula is C40H51N3O10S2. The van der Waals surface area contributed by atoms with Gasteiger partial charge < -0.3 is 28.4 Å². The number of fused-ring (bicyclic) bond motifs is 1. The van der Waals surface area contributed by atoms with Gasteiger partial charge in [-0.1, -0.05) is 24.6 Å². The first-order valence-corrected chi connectivity index (χ1v) is 21.8. The number of aryl methyl sites for hydroxylation is 2. The van der Waals surface area contributed by atoms with E-state index in [1.165, 1.54) is 42.1 Å². The van der Waals surface area contributed by atoms with E-state index in [4.69, 9.17) is 18.9 Å². The average Bonchev–Trinajstić information content (AvgIpc) is 3.89. The standard InChI is InChI=1S/C40H51N3O10S2/c1-7-54(46,47)31-14-15-35(52-36(28-10-11-28)26-50-22-23-51-29-16-19-42(20-17-29)39(45)53-40(3,4)5)33(24-31)34-25-41(6)38(44)37-32(34)18-21-43(37)55(48,49)30-12-8-27(2)9-13-30/h8-9,12-15,18,21,24-25,28-29,36H,7,10-11,16-17,19-20,22-23,26H2,1-6H3. The number of sulfone groups is 1. The molecule has 1 unspecified atom stereocenters. The SMILES string of the molecule is CCS(=O)(=O)c1ccc(OC(COCCOC2CCN(C(=O)OC(C)(C)C)CC2)C2CC2)c(-c2cn(C)c(=O)c3c2ccn3S(=O)(=O)c2ccc(C)cc2)c1. The number of benzene rings is 2. The van der Waals surface area contributed by atoms with Crippen LogP contribution in [-0.4, -0.2) is 92.8 Å². The minimum atomic E-state index is -4.15. The third-order valence-electron chi connectivity index (χ3n) is 9.93. The van der Waals surface area contributed by atoms with Gasteiger partial charge in [-0.2, -0.15) is 0 Å². The van der Waals surface area contributed by atoms with E-state index in [-0.39, 0.29) is 51.9 Å². The van der Waals surface area contributed by atoms with Crippen LogP contribution in [0.25, 0.3) is 22.0 Å². The lowest BCUT2D eigenvalue weighted by Crippen LogP contribution is -2.43. The Morgan fingerprint density at radius 2 is 1.58 bits per heavy atom. The van der Waals surface area contributed by atoms with Crippen molar-refractivity contribution in [3.8, 4) is 16.9 Å². The summed E-state index contributed by atoms with van der Waals surface area (Å²) < 4.78 is 80.4. The van der Waals surface area contributed by atoms with E-state index in [1.54, 1.807) is 42.3 Å². The van der Waals surface area contributed by atoms with Crippen molar-refractivity contribution in [2.75, 3.05) is 38.7 Å². The maximum absolute atomic E-state index is 13.8. The highest BCUT2D eigenvalue weighted by Gasteiger charge is 2.34.